The minimum atomic E-state index is -0.252. The van der Waals surface area contributed by atoms with E-state index < -0.39 is 0 Å². The molecule has 35 heavy (non-hydrogen) atoms. The van der Waals surface area contributed by atoms with Gasteiger partial charge >= 0.3 is 0 Å². The molecule has 0 aliphatic carbocycles. The highest BCUT2D eigenvalue weighted by atomic mass is 16.5. The van der Waals surface area contributed by atoms with Crippen LogP contribution in [0.15, 0.2) is 12.1 Å². The number of benzene rings is 1. The average Bonchev–Trinajstić information content (AvgIpc) is 3.31. The zero-order chi connectivity index (χ0) is 25.3. The van der Waals surface area contributed by atoms with E-state index in [1.807, 2.05) is 0 Å². The number of methoxy groups -OCH3 is 3. The van der Waals surface area contributed by atoms with Gasteiger partial charge in [-0.2, -0.15) is 0 Å². The minimum Gasteiger partial charge on any atom is -0.496 e. The molecule has 2 rings (SSSR count). The molecular formula is C26H43N5O4. The molecule has 1 amide bonds. The number of carbonyl (C=O) groups is 1. The van der Waals surface area contributed by atoms with Crippen LogP contribution < -0.4 is 19.5 Å². The number of carbonyl (C=O) groups excluding carboxylic acids is 1. The zero-order valence-electron chi connectivity index (χ0n) is 22.0. The predicted molar refractivity (Wildman–Crippen MR) is 137 cm³/mol. The predicted octanol–water partition coefficient (Wildman–Crippen LogP) is 5.58. The Hall–Kier alpha value is -2.84. The van der Waals surface area contributed by atoms with Gasteiger partial charge in [-0.1, -0.05) is 77.6 Å². The normalized spacial score (nSPS) is 10.9. The molecule has 0 fully saturated rings. The van der Waals surface area contributed by atoms with Gasteiger partial charge in [-0.15, -0.1) is 5.10 Å². The average molecular weight is 490 g/mol. The fourth-order valence-electron chi connectivity index (χ4n) is 4.08. The van der Waals surface area contributed by atoms with E-state index in [2.05, 4.69) is 27.8 Å². The van der Waals surface area contributed by atoms with Crippen molar-refractivity contribution in [1.82, 2.24) is 20.2 Å². The number of hydrogen-bond acceptors (Lipinski definition) is 7. The van der Waals surface area contributed by atoms with Crippen molar-refractivity contribution in [2.75, 3.05) is 26.6 Å². The van der Waals surface area contributed by atoms with Gasteiger partial charge in [0, 0.05) is 18.7 Å². The lowest BCUT2D eigenvalue weighted by atomic mass is 10.1. The lowest BCUT2D eigenvalue weighted by molar-refractivity contribution is -0.115. The number of tetrazole rings is 1. The Morgan fingerprint density at radius 1 is 0.829 bits per heavy atom. The fraction of sp³-hybridized carbons (Fsp3) is 0.692. The van der Waals surface area contributed by atoms with Gasteiger partial charge in [0.15, 0.2) is 5.82 Å². The van der Waals surface area contributed by atoms with Gasteiger partial charge in [0.25, 0.3) is 0 Å². The number of rotatable bonds is 19. The van der Waals surface area contributed by atoms with E-state index in [0.717, 1.165) is 12.8 Å². The van der Waals surface area contributed by atoms with E-state index in [9.17, 15) is 4.79 Å². The summed E-state index contributed by atoms with van der Waals surface area (Å²) in [5.74, 6) is 1.76. The topological polar surface area (TPSA) is 100 Å². The molecule has 1 aromatic carbocycles. The second-order valence-corrected chi connectivity index (χ2v) is 8.84. The van der Waals surface area contributed by atoms with Crippen LogP contribution in [0, 0.1) is 0 Å². The van der Waals surface area contributed by atoms with Gasteiger partial charge < -0.3 is 19.5 Å². The number of aryl methyl sites for hydroxylation is 1. The standard InChI is InChI=1S/C26H43N5O4/c1-5-6-7-8-9-10-11-12-13-14-15-16-17-31-24(28-29-30-31)20-25(32)27-26-22(34-3)18-21(33-2)19-23(26)35-4/h18-19H,5-17,20H2,1-4H3,(H,27,32). The van der Waals surface area contributed by atoms with E-state index in [1.54, 1.807) is 23.9 Å². The first-order valence-electron chi connectivity index (χ1n) is 13.0. The van der Waals surface area contributed by atoms with Crippen molar-refractivity contribution in [1.29, 1.82) is 0 Å². The molecule has 0 radical (unpaired) electrons. The number of aromatic nitrogens is 4. The first kappa shape index (κ1) is 28.4. The van der Waals surface area contributed by atoms with E-state index in [0.29, 0.717) is 35.3 Å². The SMILES string of the molecule is CCCCCCCCCCCCCCn1nnnc1CC(=O)Nc1c(OC)cc(OC)cc1OC. The van der Waals surface area contributed by atoms with Crippen molar-refractivity contribution in [3.8, 4) is 17.2 Å². The van der Waals surface area contributed by atoms with Gasteiger partial charge in [-0.05, 0) is 16.8 Å². The molecule has 0 aliphatic heterocycles. The molecule has 0 spiro atoms. The molecule has 196 valence electrons. The second kappa shape index (κ2) is 16.7. The van der Waals surface area contributed by atoms with Crippen LogP contribution in [0.3, 0.4) is 0 Å². The van der Waals surface area contributed by atoms with Crippen molar-refractivity contribution in [3.05, 3.63) is 18.0 Å². The Labute approximate surface area is 209 Å². The van der Waals surface area contributed by atoms with Gasteiger partial charge in [-0.25, -0.2) is 4.68 Å². The molecular weight excluding hydrogens is 446 g/mol. The van der Waals surface area contributed by atoms with Gasteiger partial charge in [0.2, 0.25) is 5.91 Å². The maximum atomic E-state index is 12.7. The number of hydrogen-bond donors (Lipinski definition) is 1. The first-order valence-corrected chi connectivity index (χ1v) is 13.0. The molecule has 0 saturated heterocycles. The number of amides is 1. The number of nitrogens with one attached hydrogen (secondary N) is 1. The quantitative estimate of drug-likeness (QED) is 0.257. The smallest absolute Gasteiger partial charge is 0.232 e. The Balaban J connectivity index is 1.72. The lowest BCUT2D eigenvalue weighted by Crippen LogP contribution is -2.19. The van der Waals surface area contributed by atoms with Crippen LogP contribution in [0.25, 0.3) is 0 Å². The summed E-state index contributed by atoms with van der Waals surface area (Å²) in [4.78, 5) is 12.7. The Bertz CT molecular complexity index is 846. The summed E-state index contributed by atoms with van der Waals surface area (Å²) in [6.45, 7) is 2.97. The fourth-order valence-corrected chi connectivity index (χ4v) is 4.08. The minimum absolute atomic E-state index is 0.0591. The summed E-state index contributed by atoms with van der Waals surface area (Å²) < 4.78 is 17.8. The molecule has 1 aromatic heterocycles. The third kappa shape index (κ3) is 10.1. The maximum absolute atomic E-state index is 12.7. The van der Waals surface area contributed by atoms with Crippen LogP contribution in [0.4, 0.5) is 5.69 Å². The van der Waals surface area contributed by atoms with Crippen molar-refractivity contribution in [3.63, 3.8) is 0 Å². The molecule has 0 unspecified atom stereocenters. The lowest BCUT2D eigenvalue weighted by Gasteiger charge is -2.15. The van der Waals surface area contributed by atoms with Crippen LogP contribution >= 0.6 is 0 Å². The summed E-state index contributed by atoms with van der Waals surface area (Å²) in [5.41, 5.74) is 0.445. The molecule has 9 heteroatoms. The number of nitrogens with zero attached hydrogens (tertiary/aromatic N) is 4. The molecule has 0 aliphatic rings. The molecule has 0 bridgehead atoms. The molecule has 0 saturated carbocycles. The van der Waals surface area contributed by atoms with E-state index in [-0.39, 0.29) is 12.3 Å². The van der Waals surface area contributed by atoms with Gasteiger partial charge in [0.1, 0.15) is 22.9 Å². The van der Waals surface area contributed by atoms with Crippen LogP contribution in [-0.4, -0.2) is 47.4 Å². The number of unbranched alkanes of at least 4 members (excludes halogenated alkanes) is 11. The summed E-state index contributed by atoms with van der Waals surface area (Å²) >= 11 is 0. The Kier molecular flexibility index (Phi) is 13.6. The van der Waals surface area contributed by atoms with Gasteiger partial charge in [-0.3, -0.25) is 4.79 Å². The largest absolute Gasteiger partial charge is 0.496 e. The summed E-state index contributed by atoms with van der Waals surface area (Å²) in [6, 6.07) is 3.38. The Morgan fingerprint density at radius 3 is 1.89 bits per heavy atom. The van der Waals surface area contributed by atoms with E-state index in [1.165, 1.54) is 78.4 Å². The van der Waals surface area contributed by atoms with E-state index in [4.69, 9.17) is 14.2 Å². The van der Waals surface area contributed by atoms with Crippen molar-refractivity contribution in [2.24, 2.45) is 0 Å². The molecule has 1 N–H and O–H groups in total. The van der Waals surface area contributed by atoms with Crippen LogP contribution in [-0.2, 0) is 17.8 Å². The van der Waals surface area contributed by atoms with Crippen LogP contribution in [0.1, 0.15) is 89.8 Å². The molecule has 2 aromatic rings. The van der Waals surface area contributed by atoms with E-state index >= 15 is 0 Å². The first-order chi connectivity index (χ1) is 17.1. The number of anilines is 1. The highest BCUT2D eigenvalue weighted by Gasteiger charge is 2.18. The van der Waals surface area contributed by atoms with Crippen LogP contribution in [0.5, 0.6) is 17.2 Å². The molecule has 0 atom stereocenters. The second-order valence-electron chi connectivity index (χ2n) is 8.84. The van der Waals surface area contributed by atoms with Crippen molar-refractivity contribution in [2.45, 2.75) is 96.9 Å². The highest BCUT2D eigenvalue weighted by Crippen LogP contribution is 2.38. The summed E-state index contributed by atoms with van der Waals surface area (Å²) in [5, 5.41) is 14.7. The molecule has 9 nitrogen and oxygen atoms in total. The molecule has 1 heterocycles. The third-order valence-corrected chi connectivity index (χ3v) is 6.13. The zero-order valence-corrected chi connectivity index (χ0v) is 22.0. The summed E-state index contributed by atoms with van der Waals surface area (Å²) in [7, 11) is 4.61. The highest BCUT2D eigenvalue weighted by molar-refractivity contribution is 5.95. The third-order valence-electron chi connectivity index (χ3n) is 6.13. The van der Waals surface area contributed by atoms with Crippen molar-refractivity contribution >= 4 is 11.6 Å². The Morgan fingerprint density at radius 2 is 1.37 bits per heavy atom. The van der Waals surface area contributed by atoms with Gasteiger partial charge in [0.05, 0.1) is 27.8 Å². The monoisotopic (exact) mass is 489 g/mol. The number of ether oxygens (including phenoxy) is 3. The van der Waals surface area contributed by atoms with Crippen LogP contribution in [0.2, 0.25) is 0 Å². The summed E-state index contributed by atoms with van der Waals surface area (Å²) in [6.07, 6.45) is 15.6. The maximum Gasteiger partial charge on any atom is 0.232 e. The van der Waals surface area contributed by atoms with Crippen molar-refractivity contribution < 1.29 is 19.0 Å².